The van der Waals surface area contributed by atoms with Gasteiger partial charge in [0.15, 0.2) is 5.03 Å². The van der Waals surface area contributed by atoms with Gasteiger partial charge in [0.25, 0.3) is 10.0 Å². The van der Waals surface area contributed by atoms with Gasteiger partial charge in [0.2, 0.25) is 0 Å². The van der Waals surface area contributed by atoms with E-state index in [-0.39, 0.29) is 10.6 Å². The van der Waals surface area contributed by atoms with Crippen molar-refractivity contribution in [3.8, 4) is 0 Å². The molecule has 1 saturated carbocycles. The highest BCUT2D eigenvalue weighted by atomic mass is 32.2. The smallest absolute Gasteiger partial charge is 0.258 e. The number of rotatable bonds is 4. The second kappa shape index (κ2) is 3.85. The zero-order chi connectivity index (χ0) is 11.8. The normalized spacial score (nSPS) is 19.4. The van der Waals surface area contributed by atoms with Crippen molar-refractivity contribution in [1.29, 1.82) is 0 Å². The molecule has 1 aromatic rings. The van der Waals surface area contributed by atoms with Gasteiger partial charge in [-0.15, -0.1) is 0 Å². The SMILES string of the molecule is CCc1ncc(S(=O)(=O)NC2(C)CCC2)[nH]1. The molecular weight excluding hydrogens is 226 g/mol. The van der Waals surface area contributed by atoms with Crippen molar-refractivity contribution in [1.82, 2.24) is 14.7 Å². The number of nitrogens with one attached hydrogen (secondary N) is 2. The summed E-state index contributed by atoms with van der Waals surface area (Å²) in [7, 11) is -3.44. The monoisotopic (exact) mass is 243 g/mol. The van der Waals surface area contributed by atoms with Crippen LogP contribution < -0.4 is 4.72 Å². The Hall–Kier alpha value is -0.880. The number of nitrogens with zero attached hydrogens (tertiary/aromatic N) is 1. The number of imidazole rings is 1. The van der Waals surface area contributed by atoms with Crippen LogP contribution in [-0.2, 0) is 16.4 Å². The molecule has 16 heavy (non-hydrogen) atoms. The Bertz CT molecular complexity index is 474. The summed E-state index contributed by atoms with van der Waals surface area (Å²) in [6, 6.07) is 0. The molecule has 0 saturated heterocycles. The number of aryl methyl sites for hydroxylation is 1. The molecule has 2 N–H and O–H groups in total. The summed E-state index contributed by atoms with van der Waals surface area (Å²) in [5, 5.41) is 0.164. The summed E-state index contributed by atoms with van der Waals surface area (Å²) in [6.45, 7) is 3.86. The Kier molecular flexibility index (Phi) is 2.79. The van der Waals surface area contributed by atoms with Crippen molar-refractivity contribution >= 4 is 10.0 Å². The lowest BCUT2D eigenvalue weighted by Gasteiger charge is -2.38. The van der Waals surface area contributed by atoms with Crippen LogP contribution in [0, 0.1) is 0 Å². The number of aromatic nitrogens is 2. The first-order chi connectivity index (χ1) is 7.45. The van der Waals surface area contributed by atoms with Crippen LogP contribution in [0.25, 0.3) is 0 Å². The van der Waals surface area contributed by atoms with E-state index < -0.39 is 10.0 Å². The van der Waals surface area contributed by atoms with Crippen LogP contribution in [0.15, 0.2) is 11.2 Å². The molecule has 6 heteroatoms. The quantitative estimate of drug-likeness (QED) is 0.834. The van der Waals surface area contributed by atoms with Gasteiger partial charge in [0, 0.05) is 12.0 Å². The van der Waals surface area contributed by atoms with Crippen LogP contribution in [0.5, 0.6) is 0 Å². The summed E-state index contributed by atoms with van der Waals surface area (Å²) < 4.78 is 26.7. The van der Waals surface area contributed by atoms with Crippen LogP contribution in [0.4, 0.5) is 0 Å². The molecule has 2 rings (SSSR count). The molecule has 1 heterocycles. The van der Waals surface area contributed by atoms with E-state index in [4.69, 9.17) is 0 Å². The number of hydrogen-bond donors (Lipinski definition) is 2. The second-order valence-corrected chi connectivity index (χ2v) is 6.22. The second-order valence-electron chi connectivity index (χ2n) is 4.57. The molecule has 0 bridgehead atoms. The molecular formula is C10H17N3O2S. The maximum absolute atomic E-state index is 12.0. The Balaban J connectivity index is 2.18. The van der Waals surface area contributed by atoms with E-state index in [0.717, 1.165) is 19.3 Å². The fourth-order valence-corrected chi connectivity index (χ4v) is 3.25. The Morgan fingerprint density at radius 2 is 2.25 bits per heavy atom. The van der Waals surface area contributed by atoms with E-state index in [1.807, 2.05) is 13.8 Å². The molecule has 0 spiro atoms. The molecule has 5 nitrogen and oxygen atoms in total. The molecule has 0 atom stereocenters. The van der Waals surface area contributed by atoms with Crippen molar-refractivity contribution in [2.24, 2.45) is 0 Å². The molecule has 0 unspecified atom stereocenters. The number of aromatic amines is 1. The fraction of sp³-hybridized carbons (Fsp3) is 0.700. The predicted molar refractivity (Wildman–Crippen MR) is 60.5 cm³/mol. The average molecular weight is 243 g/mol. The lowest BCUT2D eigenvalue weighted by Crippen LogP contribution is -2.50. The minimum atomic E-state index is -3.44. The maximum atomic E-state index is 12.0. The highest BCUT2D eigenvalue weighted by molar-refractivity contribution is 7.89. The largest absolute Gasteiger partial charge is 0.332 e. The topological polar surface area (TPSA) is 74.8 Å². The van der Waals surface area contributed by atoms with E-state index in [0.29, 0.717) is 12.2 Å². The van der Waals surface area contributed by atoms with Gasteiger partial charge in [-0.1, -0.05) is 6.92 Å². The first-order valence-electron chi connectivity index (χ1n) is 5.53. The molecule has 90 valence electrons. The Morgan fingerprint density at radius 3 is 2.69 bits per heavy atom. The van der Waals surface area contributed by atoms with Gasteiger partial charge < -0.3 is 4.98 Å². The zero-order valence-electron chi connectivity index (χ0n) is 9.58. The third-order valence-electron chi connectivity index (χ3n) is 3.07. The van der Waals surface area contributed by atoms with Crippen LogP contribution in [-0.4, -0.2) is 23.9 Å². The minimum Gasteiger partial charge on any atom is -0.332 e. The first kappa shape index (κ1) is 11.6. The van der Waals surface area contributed by atoms with E-state index >= 15 is 0 Å². The molecule has 1 aliphatic carbocycles. The van der Waals surface area contributed by atoms with Crippen LogP contribution in [0.3, 0.4) is 0 Å². The van der Waals surface area contributed by atoms with Crippen molar-refractivity contribution in [2.45, 2.75) is 50.1 Å². The van der Waals surface area contributed by atoms with Crippen molar-refractivity contribution in [3.05, 3.63) is 12.0 Å². The summed E-state index contributed by atoms with van der Waals surface area (Å²) in [6.07, 6.45) is 4.97. The standard InChI is InChI=1S/C10H17N3O2S/c1-3-8-11-7-9(12-8)16(14,15)13-10(2)5-4-6-10/h7,13H,3-6H2,1-2H3,(H,11,12). The molecule has 0 amide bonds. The van der Waals surface area contributed by atoms with Crippen molar-refractivity contribution in [2.75, 3.05) is 0 Å². The Morgan fingerprint density at radius 1 is 1.56 bits per heavy atom. The van der Waals surface area contributed by atoms with Gasteiger partial charge in [0.1, 0.15) is 5.82 Å². The minimum absolute atomic E-state index is 0.164. The molecule has 1 fully saturated rings. The molecule has 0 aliphatic heterocycles. The zero-order valence-corrected chi connectivity index (χ0v) is 10.4. The van der Waals surface area contributed by atoms with Crippen LogP contribution in [0.1, 0.15) is 38.9 Å². The van der Waals surface area contributed by atoms with Gasteiger partial charge in [-0.2, -0.15) is 0 Å². The van der Waals surface area contributed by atoms with Gasteiger partial charge >= 0.3 is 0 Å². The van der Waals surface area contributed by atoms with E-state index in [9.17, 15) is 8.42 Å². The van der Waals surface area contributed by atoms with Gasteiger partial charge in [0.05, 0.1) is 6.20 Å². The summed E-state index contributed by atoms with van der Waals surface area (Å²) in [5.41, 5.74) is -0.268. The lowest BCUT2D eigenvalue weighted by molar-refractivity contribution is 0.247. The van der Waals surface area contributed by atoms with Gasteiger partial charge in [-0.3, -0.25) is 0 Å². The highest BCUT2D eigenvalue weighted by Crippen LogP contribution is 2.32. The highest BCUT2D eigenvalue weighted by Gasteiger charge is 2.36. The fourth-order valence-electron chi connectivity index (χ4n) is 1.85. The van der Waals surface area contributed by atoms with Crippen molar-refractivity contribution in [3.63, 3.8) is 0 Å². The third-order valence-corrected chi connectivity index (χ3v) is 4.62. The summed E-state index contributed by atoms with van der Waals surface area (Å²) in [4.78, 5) is 6.81. The molecule has 0 aromatic carbocycles. The van der Waals surface area contributed by atoms with Gasteiger partial charge in [-0.25, -0.2) is 18.1 Å². The molecule has 1 aliphatic rings. The van der Waals surface area contributed by atoms with Crippen LogP contribution in [0.2, 0.25) is 0 Å². The lowest BCUT2D eigenvalue weighted by atomic mass is 9.80. The van der Waals surface area contributed by atoms with E-state index in [2.05, 4.69) is 14.7 Å². The van der Waals surface area contributed by atoms with E-state index in [1.54, 1.807) is 0 Å². The van der Waals surface area contributed by atoms with Gasteiger partial charge in [-0.05, 0) is 26.2 Å². The predicted octanol–water partition coefficient (Wildman–Crippen LogP) is 1.19. The number of hydrogen-bond acceptors (Lipinski definition) is 3. The molecule has 0 radical (unpaired) electrons. The number of sulfonamides is 1. The van der Waals surface area contributed by atoms with Crippen LogP contribution >= 0.6 is 0 Å². The van der Waals surface area contributed by atoms with E-state index in [1.165, 1.54) is 6.20 Å². The number of H-pyrrole nitrogens is 1. The third kappa shape index (κ3) is 2.12. The maximum Gasteiger partial charge on any atom is 0.258 e. The molecule has 1 aromatic heterocycles. The summed E-state index contributed by atoms with van der Waals surface area (Å²) >= 11 is 0. The Labute approximate surface area is 95.7 Å². The average Bonchev–Trinajstić information content (AvgIpc) is 2.63. The van der Waals surface area contributed by atoms with Crippen molar-refractivity contribution < 1.29 is 8.42 Å². The summed E-state index contributed by atoms with van der Waals surface area (Å²) in [5.74, 6) is 0.694. The first-order valence-corrected chi connectivity index (χ1v) is 7.01.